The zero-order chi connectivity index (χ0) is 17.3. The molecule has 136 valence electrons. The molecule has 2 aliphatic heterocycles. The van der Waals surface area contributed by atoms with Gasteiger partial charge in [0, 0.05) is 31.6 Å². The molecule has 5 nitrogen and oxygen atoms in total. The Labute approximate surface area is 149 Å². The predicted molar refractivity (Wildman–Crippen MR) is 95.4 cm³/mol. The van der Waals surface area contributed by atoms with Crippen LogP contribution >= 0.6 is 0 Å². The highest BCUT2D eigenvalue weighted by Gasteiger charge is 2.55. The van der Waals surface area contributed by atoms with Gasteiger partial charge >= 0.3 is 0 Å². The van der Waals surface area contributed by atoms with Crippen LogP contribution in [0.15, 0.2) is 30.3 Å². The molecule has 1 aliphatic carbocycles. The van der Waals surface area contributed by atoms with E-state index in [1.165, 1.54) is 0 Å². The van der Waals surface area contributed by atoms with Crippen molar-refractivity contribution < 1.29 is 14.3 Å². The molecular weight excluding hydrogens is 316 g/mol. The van der Waals surface area contributed by atoms with Crippen molar-refractivity contribution >= 4 is 5.91 Å². The van der Waals surface area contributed by atoms with Crippen LogP contribution < -0.4 is 10.6 Å². The minimum absolute atomic E-state index is 0.176. The van der Waals surface area contributed by atoms with Gasteiger partial charge in [0.15, 0.2) is 0 Å². The summed E-state index contributed by atoms with van der Waals surface area (Å²) in [4.78, 5) is 13.4. The Kier molecular flexibility index (Phi) is 4.80. The number of methoxy groups -OCH3 is 1. The molecule has 2 saturated heterocycles. The summed E-state index contributed by atoms with van der Waals surface area (Å²) in [5, 5.41) is 6.80. The van der Waals surface area contributed by atoms with Crippen molar-refractivity contribution in [3.05, 3.63) is 35.9 Å². The van der Waals surface area contributed by atoms with Gasteiger partial charge < -0.3 is 20.1 Å². The van der Waals surface area contributed by atoms with Gasteiger partial charge in [-0.15, -0.1) is 0 Å². The molecule has 1 aromatic carbocycles. The van der Waals surface area contributed by atoms with E-state index in [0.717, 1.165) is 44.5 Å². The molecule has 2 N–H and O–H groups in total. The van der Waals surface area contributed by atoms with Crippen LogP contribution in [0.4, 0.5) is 0 Å². The van der Waals surface area contributed by atoms with E-state index >= 15 is 0 Å². The quantitative estimate of drug-likeness (QED) is 0.849. The summed E-state index contributed by atoms with van der Waals surface area (Å²) in [5.41, 5.74) is 0.713. The van der Waals surface area contributed by atoms with Crippen LogP contribution in [-0.4, -0.2) is 51.5 Å². The van der Waals surface area contributed by atoms with Crippen molar-refractivity contribution in [3.8, 4) is 0 Å². The zero-order valence-electron chi connectivity index (χ0n) is 14.9. The second-order valence-electron chi connectivity index (χ2n) is 7.60. The van der Waals surface area contributed by atoms with Gasteiger partial charge in [-0.25, -0.2) is 0 Å². The maximum Gasteiger partial charge on any atom is 0.230 e. The van der Waals surface area contributed by atoms with Crippen LogP contribution in [0.2, 0.25) is 0 Å². The zero-order valence-corrected chi connectivity index (χ0v) is 14.9. The lowest BCUT2D eigenvalue weighted by Gasteiger charge is -2.49. The lowest BCUT2D eigenvalue weighted by Crippen LogP contribution is -2.65. The molecule has 0 bridgehead atoms. The van der Waals surface area contributed by atoms with E-state index in [1.54, 1.807) is 7.11 Å². The fraction of sp³-hybridized carbons (Fsp3) is 0.650. The second kappa shape index (κ2) is 7.06. The second-order valence-corrected chi connectivity index (χ2v) is 7.60. The molecule has 2 heterocycles. The van der Waals surface area contributed by atoms with E-state index in [4.69, 9.17) is 9.47 Å². The normalized spacial score (nSPS) is 33.3. The largest absolute Gasteiger partial charge is 0.384 e. The van der Waals surface area contributed by atoms with Crippen molar-refractivity contribution in [1.29, 1.82) is 0 Å². The Morgan fingerprint density at radius 2 is 2.08 bits per heavy atom. The molecule has 25 heavy (non-hydrogen) atoms. The molecule has 3 fully saturated rings. The number of piperidine rings is 1. The predicted octanol–water partition coefficient (Wildman–Crippen LogP) is 1.47. The van der Waals surface area contributed by atoms with Gasteiger partial charge in [0.1, 0.15) is 0 Å². The average Bonchev–Trinajstić information content (AvgIpc) is 3.09. The van der Waals surface area contributed by atoms with Gasteiger partial charge in [-0.1, -0.05) is 30.3 Å². The fourth-order valence-corrected chi connectivity index (χ4v) is 4.98. The SMILES string of the molecule is COC[C@@H]1[C@H](NC(=O)C2(c3ccccc3)CCNCC2)[C@@H]2CCO[C@H]12. The molecule has 1 amide bonds. The smallest absolute Gasteiger partial charge is 0.230 e. The number of rotatable bonds is 5. The van der Waals surface area contributed by atoms with Gasteiger partial charge in [0.2, 0.25) is 5.91 Å². The number of hydrogen-bond acceptors (Lipinski definition) is 4. The van der Waals surface area contributed by atoms with E-state index < -0.39 is 5.41 Å². The summed E-state index contributed by atoms with van der Waals surface area (Å²) in [6, 6.07) is 10.4. The molecule has 1 saturated carbocycles. The molecular formula is C20H28N2O3. The summed E-state index contributed by atoms with van der Waals surface area (Å²) >= 11 is 0. The van der Waals surface area contributed by atoms with Gasteiger partial charge in [0.05, 0.1) is 18.1 Å². The van der Waals surface area contributed by atoms with Crippen LogP contribution in [0, 0.1) is 11.8 Å². The van der Waals surface area contributed by atoms with Crippen LogP contribution in [0.3, 0.4) is 0 Å². The van der Waals surface area contributed by atoms with Gasteiger partial charge in [0.25, 0.3) is 0 Å². The third-order valence-electron chi connectivity index (χ3n) is 6.40. The first-order valence-corrected chi connectivity index (χ1v) is 9.44. The Morgan fingerprint density at radius 1 is 1.32 bits per heavy atom. The summed E-state index contributed by atoms with van der Waals surface area (Å²) in [6.07, 6.45) is 2.98. The number of amides is 1. The highest BCUT2D eigenvalue weighted by molar-refractivity contribution is 5.89. The van der Waals surface area contributed by atoms with E-state index in [9.17, 15) is 4.79 Å². The number of carbonyl (C=O) groups is 1. The van der Waals surface area contributed by atoms with Crippen LogP contribution in [0.25, 0.3) is 0 Å². The van der Waals surface area contributed by atoms with Crippen molar-refractivity contribution in [3.63, 3.8) is 0 Å². The number of fused-ring (bicyclic) bond motifs is 1. The molecule has 4 rings (SSSR count). The fourth-order valence-electron chi connectivity index (χ4n) is 4.98. The highest BCUT2D eigenvalue weighted by Crippen LogP contribution is 2.44. The summed E-state index contributed by atoms with van der Waals surface area (Å²) in [7, 11) is 1.72. The van der Waals surface area contributed by atoms with Crippen molar-refractivity contribution in [2.75, 3.05) is 33.4 Å². The number of ether oxygens (including phenoxy) is 2. The minimum Gasteiger partial charge on any atom is -0.384 e. The number of nitrogens with one attached hydrogen (secondary N) is 2. The molecule has 0 radical (unpaired) electrons. The van der Waals surface area contributed by atoms with Crippen molar-refractivity contribution in [2.24, 2.45) is 11.8 Å². The molecule has 1 aromatic rings. The Morgan fingerprint density at radius 3 is 2.80 bits per heavy atom. The lowest BCUT2D eigenvalue weighted by molar-refractivity contribution is -0.136. The molecule has 4 atom stereocenters. The Bertz CT molecular complexity index is 600. The lowest BCUT2D eigenvalue weighted by atomic mass is 9.66. The van der Waals surface area contributed by atoms with Gasteiger partial charge in [-0.3, -0.25) is 4.79 Å². The molecule has 3 aliphatic rings. The maximum atomic E-state index is 13.4. The average molecular weight is 344 g/mol. The maximum absolute atomic E-state index is 13.4. The first-order chi connectivity index (χ1) is 12.3. The van der Waals surface area contributed by atoms with E-state index in [2.05, 4.69) is 22.8 Å². The van der Waals surface area contributed by atoms with Crippen LogP contribution in [-0.2, 0) is 19.7 Å². The van der Waals surface area contributed by atoms with E-state index in [-0.39, 0.29) is 24.0 Å². The van der Waals surface area contributed by atoms with Gasteiger partial charge in [-0.05, 0) is 37.9 Å². The summed E-state index contributed by atoms with van der Waals surface area (Å²) in [5.74, 6) is 0.895. The topological polar surface area (TPSA) is 59.6 Å². The molecule has 0 unspecified atom stereocenters. The molecule has 0 aromatic heterocycles. The Balaban J connectivity index is 1.55. The highest BCUT2D eigenvalue weighted by atomic mass is 16.5. The Hall–Kier alpha value is -1.43. The van der Waals surface area contributed by atoms with E-state index in [0.29, 0.717) is 12.5 Å². The van der Waals surface area contributed by atoms with Crippen molar-refractivity contribution in [2.45, 2.75) is 36.8 Å². The third kappa shape index (κ3) is 2.88. The monoisotopic (exact) mass is 344 g/mol. The van der Waals surface area contributed by atoms with Crippen LogP contribution in [0.5, 0.6) is 0 Å². The number of carbonyl (C=O) groups excluding carboxylic acids is 1. The first kappa shape index (κ1) is 17.0. The third-order valence-corrected chi connectivity index (χ3v) is 6.40. The summed E-state index contributed by atoms with van der Waals surface area (Å²) in [6.45, 7) is 3.20. The number of benzene rings is 1. The summed E-state index contributed by atoms with van der Waals surface area (Å²) < 4.78 is 11.2. The van der Waals surface area contributed by atoms with Gasteiger partial charge in [-0.2, -0.15) is 0 Å². The minimum atomic E-state index is -0.422. The standard InChI is InChI=1S/C20H28N2O3/c1-24-13-16-17(15-7-12-25-18(15)16)22-19(23)20(8-10-21-11-9-20)14-5-3-2-4-6-14/h2-6,15-18,21H,7-13H2,1H3,(H,22,23)/t15-,16+,17+,18-/m0/s1. The van der Waals surface area contributed by atoms with Crippen molar-refractivity contribution in [1.82, 2.24) is 10.6 Å². The number of hydrogen-bond donors (Lipinski definition) is 2. The molecule has 5 heteroatoms. The van der Waals surface area contributed by atoms with E-state index in [1.807, 2.05) is 18.2 Å². The first-order valence-electron chi connectivity index (χ1n) is 9.44. The van der Waals surface area contributed by atoms with Crippen LogP contribution in [0.1, 0.15) is 24.8 Å². The molecule has 0 spiro atoms.